The second kappa shape index (κ2) is 7.81. The van der Waals surface area contributed by atoms with Crippen molar-refractivity contribution in [1.29, 1.82) is 0 Å². The predicted molar refractivity (Wildman–Crippen MR) is 88.6 cm³/mol. The molecule has 0 spiro atoms. The van der Waals surface area contributed by atoms with Crippen molar-refractivity contribution in [1.82, 2.24) is 10.2 Å². The van der Waals surface area contributed by atoms with Crippen LogP contribution in [0.15, 0.2) is 24.3 Å². The van der Waals surface area contributed by atoms with Crippen molar-refractivity contribution in [3.63, 3.8) is 0 Å². The van der Waals surface area contributed by atoms with Crippen LogP contribution < -0.4 is 5.32 Å². The quantitative estimate of drug-likeness (QED) is 0.841. The van der Waals surface area contributed by atoms with Gasteiger partial charge in [-0.15, -0.1) is 0 Å². The lowest BCUT2D eigenvalue weighted by molar-refractivity contribution is 0.111. The maximum atomic E-state index is 10.2. The third-order valence-electron chi connectivity index (χ3n) is 4.67. The van der Waals surface area contributed by atoms with Gasteiger partial charge < -0.3 is 10.4 Å². The highest BCUT2D eigenvalue weighted by atomic mass is 16.3. The third kappa shape index (κ3) is 4.21. The molecule has 1 heterocycles. The minimum Gasteiger partial charge on any atom is -0.508 e. The van der Waals surface area contributed by atoms with Gasteiger partial charge in [0, 0.05) is 24.2 Å². The number of phenols is 1. The number of hydrogen-bond acceptors (Lipinski definition) is 3. The first-order chi connectivity index (χ1) is 10.1. The molecule has 1 atom stereocenters. The summed E-state index contributed by atoms with van der Waals surface area (Å²) in [5.41, 5.74) is 1.07. The van der Waals surface area contributed by atoms with Gasteiger partial charge in [-0.25, -0.2) is 0 Å². The van der Waals surface area contributed by atoms with Crippen LogP contribution in [-0.2, 0) is 0 Å². The van der Waals surface area contributed by atoms with Crippen molar-refractivity contribution in [2.75, 3.05) is 19.6 Å². The Hall–Kier alpha value is -1.06. The molecule has 3 nitrogen and oxygen atoms in total. The standard InChI is InChI=1S/C18H30N2O/c1-4-17(16-7-5-6-8-18(16)21)20(14(2)3)13-15-9-11-19-12-10-15/h5-8,14-15,17,19,21H,4,9-13H2,1-3H3. The lowest BCUT2D eigenvalue weighted by atomic mass is 9.93. The molecule has 0 bridgehead atoms. The van der Waals surface area contributed by atoms with Crippen molar-refractivity contribution in [2.24, 2.45) is 5.92 Å². The molecule has 1 aromatic rings. The summed E-state index contributed by atoms with van der Waals surface area (Å²) in [6.45, 7) is 10.2. The summed E-state index contributed by atoms with van der Waals surface area (Å²) in [4.78, 5) is 2.57. The van der Waals surface area contributed by atoms with Gasteiger partial charge >= 0.3 is 0 Å². The SMILES string of the molecule is CCC(c1ccccc1O)N(CC1CCNCC1)C(C)C. The Kier molecular flexibility index (Phi) is 6.07. The van der Waals surface area contributed by atoms with E-state index in [4.69, 9.17) is 0 Å². The molecule has 1 aliphatic heterocycles. The first-order valence-corrected chi connectivity index (χ1v) is 8.37. The normalized spacial score (nSPS) is 18.3. The summed E-state index contributed by atoms with van der Waals surface area (Å²) in [5.74, 6) is 1.20. The van der Waals surface area contributed by atoms with Crippen molar-refractivity contribution in [2.45, 2.75) is 52.1 Å². The summed E-state index contributed by atoms with van der Waals surface area (Å²) in [6.07, 6.45) is 3.56. The van der Waals surface area contributed by atoms with Crippen LogP contribution in [0.4, 0.5) is 0 Å². The third-order valence-corrected chi connectivity index (χ3v) is 4.67. The summed E-state index contributed by atoms with van der Waals surface area (Å²) < 4.78 is 0. The Morgan fingerprint density at radius 2 is 1.90 bits per heavy atom. The first-order valence-electron chi connectivity index (χ1n) is 8.37. The first kappa shape index (κ1) is 16.3. The molecule has 3 heteroatoms. The van der Waals surface area contributed by atoms with Gasteiger partial charge in [-0.05, 0) is 58.2 Å². The average Bonchev–Trinajstić information content (AvgIpc) is 2.49. The van der Waals surface area contributed by atoms with Gasteiger partial charge in [0.05, 0.1) is 0 Å². The van der Waals surface area contributed by atoms with Gasteiger partial charge in [-0.3, -0.25) is 4.90 Å². The van der Waals surface area contributed by atoms with Crippen LogP contribution >= 0.6 is 0 Å². The van der Waals surface area contributed by atoms with Gasteiger partial charge in [0.2, 0.25) is 0 Å². The number of nitrogens with zero attached hydrogens (tertiary/aromatic N) is 1. The second-order valence-electron chi connectivity index (χ2n) is 6.47. The van der Waals surface area contributed by atoms with E-state index in [1.165, 1.54) is 12.8 Å². The summed E-state index contributed by atoms with van der Waals surface area (Å²) >= 11 is 0. The number of piperidine rings is 1. The largest absolute Gasteiger partial charge is 0.508 e. The van der Waals surface area contributed by atoms with E-state index < -0.39 is 0 Å². The zero-order chi connectivity index (χ0) is 15.2. The molecule has 21 heavy (non-hydrogen) atoms. The summed E-state index contributed by atoms with van der Waals surface area (Å²) in [5, 5.41) is 13.7. The lowest BCUT2D eigenvalue weighted by Gasteiger charge is -2.38. The van der Waals surface area contributed by atoms with E-state index in [0.717, 1.165) is 37.5 Å². The topological polar surface area (TPSA) is 35.5 Å². The van der Waals surface area contributed by atoms with E-state index >= 15 is 0 Å². The zero-order valence-electron chi connectivity index (χ0n) is 13.7. The van der Waals surface area contributed by atoms with E-state index in [9.17, 15) is 5.11 Å². The monoisotopic (exact) mass is 290 g/mol. The molecule has 1 fully saturated rings. The van der Waals surface area contributed by atoms with E-state index in [1.807, 2.05) is 12.1 Å². The minimum atomic E-state index is 0.307. The fourth-order valence-corrected chi connectivity index (χ4v) is 3.46. The smallest absolute Gasteiger partial charge is 0.120 e. The van der Waals surface area contributed by atoms with Crippen molar-refractivity contribution >= 4 is 0 Å². The Balaban J connectivity index is 2.16. The molecule has 1 aliphatic rings. The molecule has 0 radical (unpaired) electrons. The van der Waals surface area contributed by atoms with Crippen molar-refractivity contribution in [3.05, 3.63) is 29.8 Å². The lowest BCUT2D eigenvalue weighted by Crippen LogP contribution is -2.41. The molecule has 0 saturated carbocycles. The van der Waals surface area contributed by atoms with E-state index in [2.05, 4.69) is 37.1 Å². The van der Waals surface area contributed by atoms with Crippen LogP contribution in [0, 0.1) is 5.92 Å². The molecule has 0 aliphatic carbocycles. The summed E-state index contributed by atoms with van der Waals surface area (Å²) in [6, 6.07) is 8.60. The van der Waals surface area contributed by atoms with Crippen LogP contribution in [0.25, 0.3) is 0 Å². The number of benzene rings is 1. The van der Waals surface area contributed by atoms with Gasteiger partial charge in [0.25, 0.3) is 0 Å². The highest BCUT2D eigenvalue weighted by molar-refractivity contribution is 5.34. The fourth-order valence-electron chi connectivity index (χ4n) is 3.46. The molecule has 118 valence electrons. The maximum Gasteiger partial charge on any atom is 0.120 e. The molecule has 1 aromatic carbocycles. The minimum absolute atomic E-state index is 0.307. The van der Waals surface area contributed by atoms with Crippen LogP contribution in [0.1, 0.15) is 51.6 Å². The fraction of sp³-hybridized carbons (Fsp3) is 0.667. The highest BCUT2D eigenvalue weighted by Gasteiger charge is 2.26. The summed E-state index contributed by atoms with van der Waals surface area (Å²) in [7, 11) is 0. The zero-order valence-corrected chi connectivity index (χ0v) is 13.7. The molecule has 2 rings (SSSR count). The molecular weight excluding hydrogens is 260 g/mol. The predicted octanol–water partition coefficient (Wildman–Crippen LogP) is 3.55. The van der Waals surface area contributed by atoms with Crippen molar-refractivity contribution in [3.8, 4) is 5.75 Å². The molecule has 0 aromatic heterocycles. The molecule has 1 unspecified atom stereocenters. The Bertz CT molecular complexity index is 427. The van der Waals surface area contributed by atoms with Crippen LogP contribution in [-0.4, -0.2) is 35.7 Å². The van der Waals surface area contributed by atoms with E-state index in [1.54, 1.807) is 6.07 Å². The molecular formula is C18H30N2O. The maximum absolute atomic E-state index is 10.2. The van der Waals surface area contributed by atoms with Crippen molar-refractivity contribution < 1.29 is 5.11 Å². The Morgan fingerprint density at radius 1 is 1.24 bits per heavy atom. The number of phenolic OH excluding ortho intramolecular Hbond substituents is 1. The number of aromatic hydroxyl groups is 1. The number of para-hydroxylation sites is 1. The number of rotatable bonds is 6. The second-order valence-corrected chi connectivity index (χ2v) is 6.47. The van der Waals surface area contributed by atoms with Gasteiger partial charge in [-0.2, -0.15) is 0 Å². The Labute approximate surface area is 129 Å². The van der Waals surface area contributed by atoms with E-state index in [0.29, 0.717) is 17.8 Å². The van der Waals surface area contributed by atoms with Gasteiger partial charge in [0.1, 0.15) is 5.75 Å². The van der Waals surface area contributed by atoms with Crippen LogP contribution in [0.2, 0.25) is 0 Å². The van der Waals surface area contributed by atoms with Crippen LogP contribution in [0.5, 0.6) is 5.75 Å². The average molecular weight is 290 g/mol. The number of hydrogen-bond donors (Lipinski definition) is 2. The molecule has 2 N–H and O–H groups in total. The highest BCUT2D eigenvalue weighted by Crippen LogP contribution is 2.33. The van der Waals surface area contributed by atoms with Crippen LogP contribution in [0.3, 0.4) is 0 Å². The van der Waals surface area contributed by atoms with Gasteiger partial charge in [0.15, 0.2) is 0 Å². The Morgan fingerprint density at radius 3 is 2.48 bits per heavy atom. The molecule has 1 saturated heterocycles. The number of nitrogens with one attached hydrogen (secondary N) is 1. The van der Waals surface area contributed by atoms with Gasteiger partial charge in [-0.1, -0.05) is 25.1 Å². The molecule has 0 amide bonds. The van der Waals surface area contributed by atoms with E-state index in [-0.39, 0.29) is 0 Å².